The molecule has 5 heteroatoms. The molecule has 0 fully saturated rings. The minimum Gasteiger partial charge on any atom is -0.491 e. The van der Waals surface area contributed by atoms with E-state index in [9.17, 15) is 4.79 Å². The predicted molar refractivity (Wildman–Crippen MR) is 118 cm³/mol. The van der Waals surface area contributed by atoms with Gasteiger partial charge in [0, 0.05) is 17.1 Å². The lowest BCUT2D eigenvalue weighted by Crippen LogP contribution is -2.23. The number of hydrogen-bond donors (Lipinski definition) is 1. The molecule has 2 aromatic heterocycles. The van der Waals surface area contributed by atoms with E-state index in [1.807, 2.05) is 86.6 Å². The van der Waals surface area contributed by atoms with Crippen LogP contribution in [0.2, 0.25) is 0 Å². The summed E-state index contributed by atoms with van der Waals surface area (Å²) in [6.45, 7) is 4.35. The van der Waals surface area contributed by atoms with Gasteiger partial charge in [-0.2, -0.15) is 0 Å². The number of fused-ring (bicyclic) bond motifs is 1. The van der Waals surface area contributed by atoms with Crippen LogP contribution in [-0.2, 0) is 6.54 Å². The van der Waals surface area contributed by atoms with Gasteiger partial charge in [-0.05, 0) is 50.2 Å². The van der Waals surface area contributed by atoms with Crippen LogP contribution in [0, 0.1) is 0 Å². The van der Waals surface area contributed by atoms with Crippen molar-refractivity contribution in [3.63, 3.8) is 0 Å². The fourth-order valence-electron chi connectivity index (χ4n) is 3.28. The number of aromatic nitrogens is 2. The molecule has 5 nitrogen and oxygen atoms in total. The molecule has 0 saturated carbocycles. The normalized spacial score (nSPS) is 10.9. The molecular formula is C25H23N3O2. The molecule has 0 radical (unpaired) electrons. The molecule has 150 valence electrons. The highest BCUT2D eigenvalue weighted by molar-refractivity contribution is 6.07. The van der Waals surface area contributed by atoms with Gasteiger partial charge in [-0.3, -0.25) is 9.78 Å². The third-order valence-corrected chi connectivity index (χ3v) is 4.62. The molecule has 0 saturated heterocycles. The van der Waals surface area contributed by atoms with E-state index in [0.717, 1.165) is 33.6 Å². The van der Waals surface area contributed by atoms with E-state index in [-0.39, 0.29) is 12.0 Å². The molecule has 1 N–H and O–H groups in total. The van der Waals surface area contributed by atoms with E-state index in [4.69, 9.17) is 9.72 Å². The summed E-state index contributed by atoms with van der Waals surface area (Å²) < 4.78 is 5.82. The van der Waals surface area contributed by atoms with E-state index < -0.39 is 0 Å². The summed E-state index contributed by atoms with van der Waals surface area (Å²) >= 11 is 0. The van der Waals surface area contributed by atoms with E-state index >= 15 is 0 Å². The zero-order valence-corrected chi connectivity index (χ0v) is 17.0. The van der Waals surface area contributed by atoms with Crippen molar-refractivity contribution in [1.29, 1.82) is 0 Å². The second-order valence-electron chi connectivity index (χ2n) is 7.27. The van der Waals surface area contributed by atoms with Gasteiger partial charge >= 0.3 is 0 Å². The highest BCUT2D eigenvalue weighted by Gasteiger charge is 2.14. The monoisotopic (exact) mass is 397 g/mol. The molecule has 2 aromatic carbocycles. The number of pyridine rings is 2. The third-order valence-electron chi connectivity index (χ3n) is 4.62. The molecule has 0 unspecified atom stereocenters. The molecule has 4 rings (SSSR count). The third kappa shape index (κ3) is 4.46. The van der Waals surface area contributed by atoms with E-state index in [1.54, 1.807) is 6.20 Å². The SMILES string of the molecule is CC(C)Oc1cccc(-c2cc(C(=O)NCc3ccccn3)c3ccccc3n2)c1. The van der Waals surface area contributed by atoms with Crippen molar-refractivity contribution in [2.24, 2.45) is 0 Å². The molecule has 2 heterocycles. The first-order valence-electron chi connectivity index (χ1n) is 9.95. The molecule has 0 aliphatic heterocycles. The summed E-state index contributed by atoms with van der Waals surface area (Å²) in [6, 6.07) is 22.9. The average Bonchev–Trinajstić information content (AvgIpc) is 2.77. The van der Waals surface area contributed by atoms with Gasteiger partial charge in [0.15, 0.2) is 0 Å². The van der Waals surface area contributed by atoms with Crippen LogP contribution >= 0.6 is 0 Å². The van der Waals surface area contributed by atoms with Crippen molar-refractivity contribution in [2.75, 3.05) is 0 Å². The Morgan fingerprint density at radius 1 is 1.00 bits per heavy atom. The number of benzene rings is 2. The zero-order chi connectivity index (χ0) is 20.9. The largest absolute Gasteiger partial charge is 0.491 e. The minimum absolute atomic E-state index is 0.0812. The lowest BCUT2D eigenvalue weighted by molar-refractivity contribution is 0.0952. The molecule has 30 heavy (non-hydrogen) atoms. The first kappa shape index (κ1) is 19.6. The van der Waals surface area contributed by atoms with Crippen LogP contribution in [0.1, 0.15) is 29.9 Å². The summed E-state index contributed by atoms with van der Waals surface area (Å²) in [6.07, 6.45) is 1.80. The summed E-state index contributed by atoms with van der Waals surface area (Å²) in [7, 11) is 0. The summed E-state index contributed by atoms with van der Waals surface area (Å²) in [5.74, 6) is 0.619. The minimum atomic E-state index is -0.157. The summed E-state index contributed by atoms with van der Waals surface area (Å²) in [5.41, 5.74) is 3.79. The van der Waals surface area contributed by atoms with Gasteiger partial charge in [0.2, 0.25) is 0 Å². The molecule has 0 bridgehead atoms. The highest BCUT2D eigenvalue weighted by Crippen LogP contribution is 2.27. The van der Waals surface area contributed by atoms with Crippen molar-refractivity contribution < 1.29 is 9.53 Å². The Kier molecular flexibility index (Phi) is 5.70. The van der Waals surface area contributed by atoms with E-state index in [1.165, 1.54) is 0 Å². The Labute approximate surface area is 175 Å². The highest BCUT2D eigenvalue weighted by atomic mass is 16.5. The number of nitrogens with zero attached hydrogens (tertiary/aromatic N) is 2. The van der Waals surface area contributed by atoms with Crippen LogP contribution in [-0.4, -0.2) is 22.0 Å². The maximum atomic E-state index is 13.0. The van der Waals surface area contributed by atoms with Crippen LogP contribution in [0.25, 0.3) is 22.2 Å². The zero-order valence-electron chi connectivity index (χ0n) is 17.0. The molecule has 0 aliphatic carbocycles. The Morgan fingerprint density at radius 3 is 2.63 bits per heavy atom. The number of amides is 1. The topological polar surface area (TPSA) is 64.1 Å². The van der Waals surface area contributed by atoms with E-state index in [2.05, 4.69) is 10.3 Å². The van der Waals surface area contributed by atoms with Crippen LogP contribution in [0.3, 0.4) is 0 Å². The van der Waals surface area contributed by atoms with Crippen LogP contribution < -0.4 is 10.1 Å². The Morgan fingerprint density at radius 2 is 1.83 bits per heavy atom. The summed E-state index contributed by atoms with van der Waals surface area (Å²) in [5, 5.41) is 3.78. The lowest BCUT2D eigenvalue weighted by atomic mass is 10.0. The number of rotatable bonds is 6. The van der Waals surface area contributed by atoms with Gasteiger partial charge in [-0.1, -0.05) is 36.4 Å². The van der Waals surface area contributed by atoms with E-state index in [0.29, 0.717) is 12.1 Å². The molecule has 4 aromatic rings. The second kappa shape index (κ2) is 8.74. The number of carbonyl (C=O) groups is 1. The first-order valence-corrected chi connectivity index (χ1v) is 9.95. The number of ether oxygens (including phenoxy) is 1. The number of hydrogen-bond acceptors (Lipinski definition) is 4. The number of para-hydroxylation sites is 1. The van der Waals surface area contributed by atoms with Crippen molar-refractivity contribution >= 4 is 16.8 Å². The Balaban J connectivity index is 1.70. The fraction of sp³-hybridized carbons (Fsp3) is 0.160. The Hall–Kier alpha value is -3.73. The van der Waals surface area contributed by atoms with Crippen molar-refractivity contribution in [3.8, 4) is 17.0 Å². The van der Waals surface area contributed by atoms with Gasteiger partial charge in [-0.15, -0.1) is 0 Å². The van der Waals surface area contributed by atoms with Gasteiger partial charge in [0.25, 0.3) is 5.91 Å². The van der Waals surface area contributed by atoms with Crippen molar-refractivity contribution in [3.05, 3.63) is 90.3 Å². The first-order chi connectivity index (χ1) is 14.6. The quantitative estimate of drug-likeness (QED) is 0.496. The van der Waals surface area contributed by atoms with Gasteiger partial charge in [0.1, 0.15) is 5.75 Å². The van der Waals surface area contributed by atoms with Crippen molar-refractivity contribution in [1.82, 2.24) is 15.3 Å². The van der Waals surface area contributed by atoms with Crippen LogP contribution in [0.4, 0.5) is 0 Å². The smallest absolute Gasteiger partial charge is 0.252 e. The van der Waals surface area contributed by atoms with Gasteiger partial charge in [-0.25, -0.2) is 4.98 Å². The predicted octanol–water partition coefficient (Wildman–Crippen LogP) is 5.01. The standard InChI is InChI=1S/C25H23N3O2/c1-17(2)30-20-10-7-8-18(14-20)24-15-22(21-11-3-4-12-23(21)28-24)25(29)27-16-19-9-5-6-13-26-19/h3-15,17H,16H2,1-2H3,(H,27,29). The molecule has 0 atom stereocenters. The fourth-order valence-corrected chi connectivity index (χ4v) is 3.28. The average molecular weight is 397 g/mol. The Bertz CT molecular complexity index is 1170. The second-order valence-corrected chi connectivity index (χ2v) is 7.27. The molecule has 0 aliphatic rings. The van der Waals surface area contributed by atoms with Crippen molar-refractivity contribution in [2.45, 2.75) is 26.5 Å². The molecule has 0 spiro atoms. The summed E-state index contributed by atoms with van der Waals surface area (Å²) in [4.78, 5) is 22.1. The maximum Gasteiger partial charge on any atom is 0.252 e. The maximum absolute atomic E-state index is 13.0. The lowest BCUT2D eigenvalue weighted by Gasteiger charge is -2.13. The van der Waals surface area contributed by atoms with Gasteiger partial charge < -0.3 is 10.1 Å². The molecule has 1 amide bonds. The number of carbonyl (C=O) groups excluding carboxylic acids is 1. The van der Waals surface area contributed by atoms with Crippen LogP contribution in [0.5, 0.6) is 5.75 Å². The van der Waals surface area contributed by atoms with Crippen LogP contribution in [0.15, 0.2) is 79.0 Å². The van der Waals surface area contributed by atoms with Gasteiger partial charge in [0.05, 0.1) is 35.1 Å². The number of nitrogens with one attached hydrogen (secondary N) is 1. The molecular weight excluding hydrogens is 374 g/mol.